The van der Waals surface area contributed by atoms with Crippen LogP contribution in [0.3, 0.4) is 0 Å². The fraction of sp³-hybridized carbons (Fsp3) is 0.718. The Bertz CT molecular complexity index is 1440. The lowest BCUT2D eigenvalue weighted by Gasteiger charge is -2.72. The van der Waals surface area contributed by atoms with E-state index in [2.05, 4.69) is 65.6 Å². The molecule has 4 heteroatoms. The van der Waals surface area contributed by atoms with Crippen molar-refractivity contribution in [3.05, 3.63) is 48.2 Å². The average molecular weight is 586 g/mol. The minimum Gasteiger partial charge on any atom is -0.464 e. The fourth-order valence-electron chi connectivity index (χ4n) is 13.0. The van der Waals surface area contributed by atoms with Crippen LogP contribution in [0.1, 0.15) is 111 Å². The van der Waals surface area contributed by atoms with Gasteiger partial charge in [-0.2, -0.15) is 0 Å². The summed E-state index contributed by atoms with van der Waals surface area (Å²) in [6.07, 6.45) is 12.8. The van der Waals surface area contributed by atoms with Crippen molar-refractivity contribution in [2.45, 2.75) is 118 Å². The van der Waals surface area contributed by atoms with Crippen molar-refractivity contribution >= 4 is 16.9 Å². The molecule has 0 aliphatic heterocycles. The van der Waals surface area contributed by atoms with Gasteiger partial charge in [-0.05, 0) is 146 Å². The molecule has 1 aromatic heterocycles. The van der Waals surface area contributed by atoms with E-state index in [-0.39, 0.29) is 39.1 Å². The zero-order chi connectivity index (χ0) is 30.6. The molecule has 2 aromatic rings. The van der Waals surface area contributed by atoms with Gasteiger partial charge in [0.1, 0.15) is 5.58 Å². The second-order valence-corrected chi connectivity index (χ2v) is 17.2. The minimum absolute atomic E-state index is 0.0233. The molecule has 5 saturated carbocycles. The van der Waals surface area contributed by atoms with E-state index >= 15 is 0 Å². The van der Waals surface area contributed by atoms with Gasteiger partial charge in [0.05, 0.1) is 17.8 Å². The molecular formula is C39H55NO3. The van der Waals surface area contributed by atoms with Crippen LogP contribution in [-0.2, 0) is 11.3 Å². The topological polar surface area (TPSA) is 62.5 Å². The molecule has 5 fully saturated rings. The number of furan rings is 1. The normalized spacial score (nSPS) is 45.0. The van der Waals surface area contributed by atoms with Crippen LogP contribution in [0.5, 0.6) is 0 Å². The van der Waals surface area contributed by atoms with Crippen molar-refractivity contribution in [3.63, 3.8) is 0 Å². The van der Waals surface area contributed by atoms with Crippen molar-refractivity contribution in [1.29, 1.82) is 0 Å². The summed E-state index contributed by atoms with van der Waals surface area (Å²) < 4.78 is 5.53. The summed E-state index contributed by atoms with van der Waals surface area (Å²) in [7, 11) is 0. The quantitative estimate of drug-likeness (QED) is 0.352. The van der Waals surface area contributed by atoms with Crippen LogP contribution in [-0.4, -0.2) is 17.1 Å². The summed E-state index contributed by atoms with van der Waals surface area (Å²) in [5.74, 6) is 2.87. The van der Waals surface area contributed by atoms with Gasteiger partial charge in [0.15, 0.2) is 0 Å². The van der Waals surface area contributed by atoms with Gasteiger partial charge in [0.2, 0.25) is 5.91 Å². The monoisotopic (exact) mass is 585 g/mol. The highest BCUT2D eigenvalue weighted by Crippen LogP contribution is 2.77. The highest BCUT2D eigenvalue weighted by Gasteiger charge is 2.71. The molecule has 0 unspecified atom stereocenters. The zero-order valence-electron chi connectivity index (χ0n) is 27.6. The van der Waals surface area contributed by atoms with E-state index in [1.54, 1.807) is 6.26 Å². The van der Waals surface area contributed by atoms with Gasteiger partial charge >= 0.3 is 0 Å². The summed E-state index contributed by atoms with van der Waals surface area (Å²) in [5, 5.41) is 15.6. The van der Waals surface area contributed by atoms with E-state index in [0.717, 1.165) is 55.1 Å². The lowest BCUT2D eigenvalue weighted by atomic mass is 9.32. The van der Waals surface area contributed by atoms with Gasteiger partial charge in [-0.1, -0.05) is 52.8 Å². The Morgan fingerprint density at radius 3 is 2.49 bits per heavy atom. The number of aliphatic hydroxyl groups excluding tert-OH is 1. The van der Waals surface area contributed by atoms with E-state index < -0.39 is 0 Å². The number of carbonyl (C=O) groups is 1. The maximum atomic E-state index is 14.5. The summed E-state index contributed by atoms with van der Waals surface area (Å²) >= 11 is 0. The third-order valence-electron chi connectivity index (χ3n) is 15.5. The molecule has 0 spiro atoms. The molecular weight excluding hydrogens is 530 g/mol. The lowest BCUT2D eigenvalue weighted by molar-refractivity contribution is -0.246. The predicted molar refractivity (Wildman–Crippen MR) is 173 cm³/mol. The molecule has 5 aliphatic rings. The Morgan fingerprint density at radius 1 is 0.930 bits per heavy atom. The first-order chi connectivity index (χ1) is 20.3. The Hall–Kier alpha value is -2.07. The van der Waals surface area contributed by atoms with Crippen LogP contribution in [0.2, 0.25) is 0 Å². The minimum atomic E-state index is -0.297. The smallest absolute Gasteiger partial charge is 0.226 e. The second kappa shape index (κ2) is 9.71. The van der Waals surface area contributed by atoms with Gasteiger partial charge in [-0.3, -0.25) is 4.79 Å². The van der Waals surface area contributed by atoms with Gasteiger partial charge in [-0.25, -0.2) is 0 Å². The lowest BCUT2D eigenvalue weighted by Crippen LogP contribution is -2.67. The molecule has 0 saturated heterocycles. The molecule has 43 heavy (non-hydrogen) atoms. The summed E-state index contributed by atoms with van der Waals surface area (Å²) in [5.41, 5.74) is 3.71. The Balaban J connectivity index is 1.20. The van der Waals surface area contributed by atoms with Crippen molar-refractivity contribution in [3.8, 4) is 0 Å². The molecule has 2 N–H and O–H groups in total. The fourth-order valence-corrected chi connectivity index (χ4v) is 13.0. The molecule has 5 aliphatic carbocycles. The second-order valence-electron chi connectivity index (χ2n) is 17.2. The first-order valence-electron chi connectivity index (χ1n) is 17.4. The molecule has 1 aromatic carbocycles. The number of benzene rings is 1. The largest absolute Gasteiger partial charge is 0.464 e. The molecule has 7 rings (SSSR count). The van der Waals surface area contributed by atoms with E-state index in [1.807, 2.05) is 12.1 Å². The van der Waals surface area contributed by atoms with Crippen LogP contribution in [0, 0.1) is 56.7 Å². The van der Waals surface area contributed by atoms with E-state index in [1.165, 1.54) is 31.3 Å². The Kier molecular flexibility index (Phi) is 6.69. The number of amides is 1. The molecule has 10 atom stereocenters. The number of carbonyl (C=O) groups excluding carboxylic acids is 1. The number of allylic oxidation sites excluding steroid dienone is 1. The van der Waals surface area contributed by atoms with Gasteiger partial charge in [0.25, 0.3) is 0 Å². The van der Waals surface area contributed by atoms with Crippen molar-refractivity contribution in [2.24, 2.45) is 56.7 Å². The van der Waals surface area contributed by atoms with E-state index in [0.29, 0.717) is 36.1 Å². The Morgan fingerprint density at radius 2 is 1.72 bits per heavy atom. The van der Waals surface area contributed by atoms with Crippen LogP contribution in [0.15, 0.2) is 47.1 Å². The third-order valence-corrected chi connectivity index (χ3v) is 15.5. The summed E-state index contributed by atoms with van der Waals surface area (Å²) in [6, 6.07) is 8.23. The molecule has 234 valence electrons. The maximum Gasteiger partial charge on any atom is 0.226 e. The number of aliphatic hydroxyl groups is 1. The molecule has 4 nitrogen and oxygen atoms in total. The van der Waals surface area contributed by atoms with Gasteiger partial charge in [0, 0.05) is 11.9 Å². The maximum absolute atomic E-state index is 14.5. The number of hydrogen-bond acceptors (Lipinski definition) is 3. The summed E-state index contributed by atoms with van der Waals surface area (Å²) in [6.45, 7) is 19.9. The van der Waals surface area contributed by atoms with Crippen molar-refractivity contribution in [2.75, 3.05) is 0 Å². The zero-order valence-corrected chi connectivity index (χ0v) is 27.6. The molecule has 1 heterocycles. The van der Waals surface area contributed by atoms with Crippen LogP contribution >= 0.6 is 0 Å². The van der Waals surface area contributed by atoms with Crippen molar-refractivity contribution in [1.82, 2.24) is 5.32 Å². The number of hydrogen-bond donors (Lipinski definition) is 2. The average Bonchev–Trinajstić information content (AvgIpc) is 3.60. The van der Waals surface area contributed by atoms with Gasteiger partial charge in [-0.15, -0.1) is 0 Å². The van der Waals surface area contributed by atoms with Crippen LogP contribution < -0.4 is 5.32 Å². The highest BCUT2D eigenvalue weighted by molar-refractivity contribution is 5.84. The molecule has 0 bridgehead atoms. The van der Waals surface area contributed by atoms with Crippen molar-refractivity contribution < 1.29 is 14.3 Å². The van der Waals surface area contributed by atoms with Crippen LogP contribution in [0.25, 0.3) is 11.0 Å². The van der Waals surface area contributed by atoms with E-state index in [9.17, 15) is 9.90 Å². The first kappa shape index (κ1) is 29.6. The first-order valence-corrected chi connectivity index (χ1v) is 17.4. The number of rotatable bonds is 4. The predicted octanol–water partition coefficient (Wildman–Crippen LogP) is 9.07. The summed E-state index contributed by atoms with van der Waals surface area (Å²) in [4.78, 5) is 14.5. The molecule has 0 radical (unpaired) electrons. The standard InChI is InChI=1S/C39H55NO3/c1-24(2)27-12-18-39(34(42)40-23-25-8-10-29-26(22-25)15-21-43-29)20-19-37(6)28(33(27)39)9-11-31-36(5)16-14-32(41)35(3,4)30(36)13-17-38(31,37)7/h8,10,15,21-22,27-28,30-33,41H,1,9,11-14,16-20,23H2,2-7H3,(H,40,42)/t27-,28+,30-,31+,32-,33+,36-,37+,38+,39-/m0/s1. The Labute approximate surface area is 259 Å². The third kappa shape index (κ3) is 3.93. The SMILES string of the molecule is C=C(C)[C@@H]1CC[C@]2(C(=O)NCc3ccc4occc4c3)CC[C@]3(C)[C@H](CC[C@@H]4[C@@]5(C)CC[C@H](O)C(C)(C)[C@@H]5CC[C@]43C)[C@@H]12. The van der Waals surface area contributed by atoms with Crippen LogP contribution in [0.4, 0.5) is 0 Å². The number of nitrogens with one attached hydrogen (secondary N) is 1. The van der Waals surface area contributed by atoms with E-state index in [4.69, 9.17) is 4.42 Å². The van der Waals surface area contributed by atoms with Gasteiger partial charge < -0.3 is 14.8 Å². The number of fused-ring (bicyclic) bond motifs is 8. The molecule has 1 amide bonds. The highest BCUT2D eigenvalue weighted by atomic mass is 16.3.